The van der Waals surface area contributed by atoms with Gasteiger partial charge in [0.25, 0.3) is 5.91 Å². The fraction of sp³-hybridized carbons (Fsp3) is 0.105. The summed E-state index contributed by atoms with van der Waals surface area (Å²) in [6.45, 7) is 0. The van der Waals surface area contributed by atoms with E-state index in [2.05, 4.69) is 0 Å². The molecule has 0 saturated carbocycles. The molecule has 0 atom stereocenters. The number of rotatable bonds is 4. The molecule has 0 spiro atoms. The topological polar surface area (TPSA) is 60.9 Å². The van der Waals surface area contributed by atoms with Gasteiger partial charge < -0.3 is 10.0 Å². The monoisotopic (exact) mass is 384 g/mol. The van der Waals surface area contributed by atoms with Gasteiger partial charge in [0.2, 0.25) is 0 Å². The Hall–Kier alpha value is -2.64. The van der Waals surface area contributed by atoms with Gasteiger partial charge in [-0.3, -0.25) is 9.69 Å². The molecule has 0 unspecified atom stereocenters. The lowest BCUT2D eigenvalue weighted by Gasteiger charge is -2.14. The van der Waals surface area contributed by atoms with Crippen molar-refractivity contribution in [3.8, 4) is 0 Å². The smallest absolute Gasteiger partial charge is 0.335 e. The van der Waals surface area contributed by atoms with Gasteiger partial charge in [-0.05, 0) is 42.0 Å². The maximum absolute atomic E-state index is 12.8. The minimum atomic E-state index is -1.05. The number of amides is 1. The summed E-state index contributed by atoms with van der Waals surface area (Å²) in [5, 5.41) is 9.14. The standard InChI is InChI=1S/C19H16N2O3S2/c1-20(2)14-8-6-12(7-9-14)10-16-17(22)21(19(25)26-16)15-5-3-4-13(11-15)18(23)24/h3-11H,1-2H3,(H,23,24). The fourth-order valence-electron chi connectivity index (χ4n) is 2.49. The largest absolute Gasteiger partial charge is 0.478 e. The van der Waals surface area contributed by atoms with Crippen LogP contribution >= 0.6 is 24.0 Å². The molecule has 132 valence electrons. The van der Waals surface area contributed by atoms with Crippen molar-refractivity contribution < 1.29 is 14.7 Å². The minimum absolute atomic E-state index is 0.111. The van der Waals surface area contributed by atoms with Crippen LogP contribution in [0.4, 0.5) is 11.4 Å². The Bertz CT molecular complexity index is 921. The van der Waals surface area contributed by atoms with E-state index in [-0.39, 0.29) is 11.5 Å². The molecule has 0 radical (unpaired) electrons. The zero-order valence-electron chi connectivity index (χ0n) is 14.2. The van der Waals surface area contributed by atoms with Gasteiger partial charge in [0.05, 0.1) is 16.2 Å². The number of hydrogen-bond acceptors (Lipinski definition) is 5. The second-order valence-electron chi connectivity index (χ2n) is 5.86. The highest BCUT2D eigenvalue weighted by atomic mass is 32.2. The molecule has 3 rings (SSSR count). The first kappa shape index (κ1) is 18.2. The molecule has 1 amide bonds. The lowest BCUT2D eigenvalue weighted by Crippen LogP contribution is -2.27. The molecule has 7 heteroatoms. The molecule has 1 aliphatic rings. The lowest BCUT2D eigenvalue weighted by molar-refractivity contribution is -0.113. The zero-order valence-corrected chi connectivity index (χ0v) is 15.8. The van der Waals surface area contributed by atoms with Crippen molar-refractivity contribution in [2.24, 2.45) is 0 Å². The van der Waals surface area contributed by atoms with Crippen LogP contribution in [0.1, 0.15) is 15.9 Å². The van der Waals surface area contributed by atoms with Crippen molar-refractivity contribution in [1.82, 2.24) is 0 Å². The van der Waals surface area contributed by atoms with Crippen molar-refractivity contribution in [2.45, 2.75) is 0 Å². The Labute approximate surface area is 160 Å². The van der Waals surface area contributed by atoms with Gasteiger partial charge in [0.15, 0.2) is 4.32 Å². The van der Waals surface area contributed by atoms with Crippen LogP contribution in [-0.4, -0.2) is 35.4 Å². The van der Waals surface area contributed by atoms with Crippen LogP contribution in [0.3, 0.4) is 0 Å². The highest BCUT2D eigenvalue weighted by molar-refractivity contribution is 8.27. The molecule has 0 aliphatic carbocycles. The Kier molecular flexibility index (Phi) is 5.11. The molecule has 5 nitrogen and oxygen atoms in total. The molecule has 1 fully saturated rings. The van der Waals surface area contributed by atoms with Crippen LogP contribution in [0.15, 0.2) is 53.4 Å². The molecule has 1 aliphatic heterocycles. The number of thioether (sulfide) groups is 1. The SMILES string of the molecule is CN(C)c1ccc(C=C2SC(=S)N(c3cccc(C(=O)O)c3)C2=O)cc1. The number of benzene rings is 2. The first-order valence-corrected chi connectivity index (χ1v) is 8.98. The van der Waals surface area contributed by atoms with Gasteiger partial charge in [-0.15, -0.1) is 0 Å². The number of carboxylic acid groups (broad SMARTS) is 1. The quantitative estimate of drug-likeness (QED) is 0.638. The number of nitrogens with zero attached hydrogens (tertiary/aromatic N) is 2. The molecular formula is C19H16N2O3S2. The molecule has 1 heterocycles. The highest BCUT2D eigenvalue weighted by Gasteiger charge is 2.33. The summed E-state index contributed by atoms with van der Waals surface area (Å²) >= 11 is 6.54. The predicted octanol–water partition coefficient (Wildman–Crippen LogP) is 3.86. The Morgan fingerprint density at radius 1 is 1.19 bits per heavy atom. The van der Waals surface area contributed by atoms with Gasteiger partial charge >= 0.3 is 5.97 Å². The maximum Gasteiger partial charge on any atom is 0.335 e. The van der Waals surface area contributed by atoms with Crippen LogP contribution in [0.25, 0.3) is 6.08 Å². The average Bonchev–Trinajstić information content (AvgIpc) is 2.89. The lowest BCUT2D eigenvalue weighted by atomic mass is 10.1. The van der Waals surface area contributed by atoms with E-state index in [4.69, 9.17) is 17.3 Å². The molecule has 1 N–H and O–H groups in total. The van der Waals surface area contributed by atoms with E-state index < -0.39 is 5.97 Å². The second-order valence-corrected chi connectivity index (χ2v) is 7.53. The number of aromatic carboxylic acids is 1. The van der Waals surface area contributed by atoms with Crippen LogP contribution in [0, 0.1) is 0 Å². The van der Waals surface area contributed by atoms with E-state index in [1.165, 1.54) is 28.8 Å². The third-order valence-electron chi connectivity index (χ3n) is 3.85. The van der Waals surface area contributed by atoms with Gasteiger partial charge in [0.1, 0.15) is 0 Å². The van der Waals surface area contributed by atoms with E-state index in [0.29, 0.717) is 14.9 Å². The van der Waals surface area contributed by atoms with Crippen molar-refractivity contribution in [3.63, 3.8) is 0 Å². The van der Waals surface area contributed by atoms with E-state index in [9.17, 15) is 9.59 Å². The predicted molar refractivity (Wildman–Crippen MR) is 110 cm³/mol. The number of anilines is 2. The van der Waals surface area contributed by atoms with Gasteiger partial charge in [0, 0.05) is 19.8 Å². The second kappa shape index (κ2) is 7.31. The maximum atomic E-state index is 12.8. The van der Waals surface area contributed by atoms with Gasteiger partial charge in [-0.25, -0.2) is 4.79 Å². The number of hydrogen-bond donors (Lipinski definition) is 1. The van der Waals surface area contributed by atoms with Crippen molar-refractivity contribution in [1.29, 1.82) is 0 Å². The van der Waals surface area contributed by atoms with Gasteiger partial charge in [-0.2, -0.15) is 0 Å². The highest BCUT2D eigenvalue weighted by Crippen LogP contribution is 2.36. The van der Waals surface area contributed by atoms with E-state index in [1.54, 1.807) is 18.2 Å². The van der Waals surface area contributed by atoms with Crippen LogP contribution < -0.4 is 9.80 Å². The van der Waals surface area contributed by atoms with Gasteiger partial charge in [-0.1, -0.05) is 42.2 Å². The Morgan fingerprint density at radius 2 is 1.88 bits per heavy atom. The summed E-state index contributed by atoms with van der Waals surface area (Å²) in [4.78, 5) is 27.8. The van der Waals surface area contributed by atoms with Crippen LogP contribution in [0.5, 0.6) is 0 Å². The molecule has 1 saturated heterocycles. The molecule has 2 aromatic rings. The third kappa shape index (κ3) is 3.63. The summed E-state index contributed by atoms with van der Waals surface area (Å²) in [5.41, 5.74) is 2.54. The molecule has 26 heavy (non-hydrogen) atoms. The Morgan fingerprint density at radius 3 is 2.50 bits per heavy atom. The normalized spacial score (nSPS) is 15.6. The molecule has 0 aromatic heterocycles. The zero-order chi connectivity index (χ0) is 18.8. The van der Waals surface area contributed by atoms with Crippen molar-refractivity contribution in [3.05, 3.63) is 64.6 Å². The molecule has 2 aromatic carbocycles. The van der Waals surface area contributed by atoms with Crippen molar-refractivity contribution in [2.75, 3.05) is 23.9 Å². The number of thiocarbonyl (C=S) groups is 1. The summed E-state index contributed by atoms with van der Waals surface area (Å²) < 4.78 is 0.383. The Balaban J connectivity index is 1.89. The van der Waals surface area contributed by atoms with E-state index in [0.717, 1.165) is 11.3 Å². The average molecular weight is 384 g/mol. The summed E-state index contributed by atoms with van der Waals surface area (Å²) in [6, 6.07) is 14.0. The first-order valence-electron chi connectivity index (χ1n) is 7.75. The fourth-order valence-corrected chi connectivity index (χ4v) is 3.79. The van der Waals surface area contributed by atoms with Crippen LogP contribution in [0.2, 0.25) is 0 Å². The van der Waals surface area contributed by atoms with E-state index in [1.807, 2.05) is 43.3 Å². The number of carboxylic acids is 1. The molecular weight excluding hydrogens is 368 g/mol. The molecule has 0 bridgehead atoms. The summed E-state index contributed by atoms with van der Waals surface area (Å²) in [7, 11) is 3.93. The number of carbonyl (C=O) groups excluding carboxylic acids is 1. The minimum Gasteiger partial charge on any atom is -0.478 e. The summed E-state index contributed by atoms with van der Waals surface area (Å²) in [5.74, 6) is -1.30. The van der Waals surface area contributed by atoms with Crippen LogP contribution in [-0.2, 0) is 4.79 Å². The summed E-state index contributed by atoms with van der Waals surface area (Å²) in [6.07, 6.45) is 1.79. The third-order valence-corrected chi connectivity index (χ3v) is 5.15. The van der Waals surface area contributed by atoms with E-state index >= 15 is 0 Å². The van der Waals surface area contributed by atoms with Crippen molar-refractivity contribution >= 4 is 57.6 Å². The number of carbonyl (C=O) groups is 2. The first-order chi connectivity index (χ1) is 12.4.